The van der Waals surface area contributed by atoms with Gasteiger partial charge in [-0.05, 0) is 11.8 Å². The number of anilines is 2. The smallest absolute Gasteiger partial charge is 0.386 e. The Hall–Kier alpha value is -2.41. The molecular weight excluding hydrogens is 704 g/mol. The van der Waals surface area contributed by atoms with E-state index in [0.717, 1.165) is 21.8 Å². The van der Waals surface area contributed by atoms with Crippen molar-refractivity contribution in [2.24, 2.45) is 0 Å². The number of aromatic nitrogens is 7. The van der Waals surface area contributed by atoms with Gasteiger partial charge in [-0.2, -0.15) is 4.98 Å². The van der Waals surface area contributed by atoms with Crippen molar-refractivity contribution in [2.45, 2.75) is 49.3 Å². The summed E-state index contributed by atoms with van der Waals surface area (Å²) >= 11 is 9.92. The van der Waals surface area contributed by atoms with Gasteiger partial charge >= 0.3 is 18.4 Å². The third-order valence-electron chi connectivity index (χ3n) is 7.04. The number of aromatic amines is 1. The number of imidazole rings is 1. The second-order valence-electron chi connectivity index (χ2n) is 9.84. The van der Waals surface area contributed by atoms with E-state index in [-0.39, 0.29) is 33.3 Å². The lowest BCUT2D eigenvalue weighted by molar-refractivity contribution is -0.135. The predicted molar refractivity (Wildman–Crippen MR) is 158 cm³/mol. The third kappa shape index (κ3) is 5.43. The highest BCUT2D eigenvalue weighted by atomic mass is 32.7. The first kappa shape index (κ1) is 31.2. The van der Waals surface area contributed by atoms with Gasteiger partial charge < -0.3 is 36.0 Å². The highest BCUT2D eigenvalue weighted by Gasteiger charge is 2.55. The minimum absolute atomic E-state index is 0.00676. The summed E-state index contributed by atoms with van der Waals surface area (Å²) in [6, 6.07) is 0. The number of hydrogen-bond donors (Lipinski definition) is 7. The summed E-state index contributed by atoms with van der Waals surface area (Å²) in [7, 11) is 0. The van der Waals surface area contributed by atoms with Crippen LogP contribution < -0.4 is 21.9 Å². The molecule has 0 amide bonds. The van der Waals surface area contributed by atoms with Gasteiger partial charge in [-0.1, -0.05) is 23.6 Å². The fraction of sp³-hybridized carbons (Fsp3) is 0.474. The Balaban J connectivity index is 1.28. The van der Waals surface area contributed by atoms with Crippen molar-refractivity contribution in [1.29, 1.82) is 0 Å². The van der Waals surface area contributed by atoms with Gasteiger partial charge in [0, 0.05) is 0 Å². The first-order valence-electron chi connectivity index (χ1n) is 12.6. The SMILES string of the molecule is Nc1nc2c(ncn2[C@@H]2O[C@@H]3OP(O)(=S)OC4[C@H](n5c(=O)sc6c(N)ncnc65)O[C@H](COP(=O)(S)OC2C3O)[C@H]4O)c(=O)[nH]1. The number of ether oxygens (including phenoxy) is 2. The summed E-state index contributed by atoms with van der Waals surface area (Å²) in [6.07, 6.45) is -10.6. The van der Waals surface area contributed by atoms with Crippen molar-refractivity contribution in [3.8, 4) is 0 Å². The standard InChI is InChI=1S/C19H21N9O12P2S3/c20-11-10-13(23-2-22-11)28(19(32)45-10)16-8-6(29)4(36-16)1-35-41(33,43)38-9-7(30)17(40-42(34,44)39-8)37-15(9)27-3-24-5-12(27)25-18(21)26-14(5)31/h2-4,6-9,15-17,29-30H,1H2,(H,33,43)(H,34,44)(H2,20,22,23)(H3,21,25,26,31)/t4-,6-,7?,8?,9?,15-,16-,17-,41?,42?/m1/s1. The predicted octanol–water partition coefficient (Wildman–Crippen LogP) is -1.30. The summed E-state index contributed by atoms with van der Waals surface area (Å²) in [5.74, 6) is -0.259. The molecule has 4 bridgehead atoms. The van der Waals surface area contributed by atoms with Crippen LogP contribution in [-0.4, -0.2) is 92.6 Å². The van der Waals surface area contributed by atoms with Gasteiger partial charge in [0.2, 0.25) is 5.95 Å². The van der Waals surface area contributed by atoms with Crippen LogP contribution in [0, 0.1) is 0 Å². The van der Waals surface area contributed by atoms with Crippen LogP contribution >= 0.6 is 37.1 Å². The monoisotopic (exact) mass is 725 g/mol. The molecule has 3 saturated heterocycles. The minimum atomic E-state index is -4.50. The first-order chi connectivity index (χ1) is 21.2. The van der Waals surface area contributed by atoms with Crippen LogP contribution in [-0.2, 0) is 43.9 Å². The molecule has 7 heterocycles. The normalized spacial score (nSPS) is 37.4. The van der Waals surface area contributed by atoms with Gasteiger partial charge in [0.15, 0.2) is 35.6 Å². The molecule has 7 rings (SSSR count). The summed E-state index contributed by atoms with van der Waals surface area (Å²) in [5.41, 5.74) is 10.7. The quantitative estimate of drug-likeness (QED) is 0.0933. The highest BCUT2D eigenvalue weighted by molar-refractivity contribution is 8.44. The van der Waals surface area contributed by atoms with Crippen molar-refractivity contribution < 1.29 is 47.2 Å². The molecule has 26 heteroatoms. The summed E-state index contributed by atoms with van der Waals surface area (Å²) < 4.78 is 49.7. The van der Waals surface area contributed by atoms with Gasteiger partial charge in [0.25, 0.3) is 5.56 Å². The summed E-state index contributed by atoms with van der Waals surface area (Å²) in [4.78, 5) is 54.2. The van der Waals surface area contributed by atoms with Crippen LogP contribution in [0.3, 0.4) is 0 Å². The molecular formula is C19H21N9O12P2S3. The molecule has 3 fully saturated rings. The number of fused-ring (bicyclic) bond motifs is 6. The number of thiazole rings is 1. The molecule has 0 radical (unpaired) electrons. The molecule has 8 N–H and O–H groups in total. The number of aliphatic hydroxyl groups is 2. The van der Waals surface area contributed by atoms with E-state index in [1.165, 1.54) is 0 Å². The van der Waals surface area contributed by atoms with E-state index in [4.69, 9.17) is 50.8 Å². The van der Waals surface area contributed by atoms with Crippen LogP contribution in [0.25, 0.3) is 21.5 Å². The number of aliphatic hydroxyl groups excluding tert-OH is 2. The first-order valence-corrected chi connectivity index (χ1v) is 18.7. The Kier molecular flexibility index (Phi) is 7.69. The maximum Gasteiger partial charge on any atom is 0.386 e. The van der Waals surface area contributed by atoms with E-state index in [9.17, 15) is 29.3 Å². The topological polar surface area (TPSA) is 297 Å². The van der Waals surface area contributed by atoms with Gasteiger partial charge in [-0.15, -0.1) is 0 Å². The zero-order valence-electron chi connectivity index (χ0n) is 22.0. The second-order valence-corrected chi connectivity index (χ2v) is 16.4. The number of hydrogen-bond acceptors (Lipinski definition) is 19. The number of nitrogens with one attached hydrogen (secondary N) is 1. The van der Waals surface area contributed by atoms with Crippen molar-refractivity contribution in [1.82, 2.24) is 34.1 Å². The molecule has 3 aliphatic heterocycles. The van der Waals surface area contributed by atoms with E-state index in [1.807, 2.05) is 0 Å². The third-order valence-corrected chi connectivity index (χ3v) is 11.1. The lowest BCUT2D eigenvalue weighted by atomic mass is 10.1. The van der Waals surface area contributed by atoms with E-state index in [2.05, 4.69) is 37.2 Å². The van der Waals surface area contributed by atoms with E-state index < -0.39 is 79.8 Å². The van der Waals surface area contributed by atoms with Crippen LogP contribution in [0.15, 0.2) is 22.2 Å². The Bertz CT molecular complexity index is 2040. The van der Waals surface area contributed by atoms with Crippen LogP contribution in [0.5, 0.6) is 0 Å². The van der Waals surface area contributed by atoms with Gasteiger partial charge in [0.05, 0.1) is 12.9 Å². The minimum Gasteiger partial charge on any atom is -0.387 e. The molecule has 10 atom stereocenters. The number of nitrogens with two attached hydrogens (primary N) is 2. The lowest BCUT2D eigenvalue weighted by Gasteiger charge is -2.27. The molecule has 4 aromatic rings. The highest BCUT2D eigenvalue weighted by Crippen LogP contribution is 2.59. The van der Waals surface area contributed by atoms with Crippen LogP contribution in [0.1, 0.15) is 12.5 Å². The Morgan fingerprint density at radius 3 is 2.60 bits per heavy atom. The number of rotatable bonds is 2. The molecule has 4 aromatic heterocycles. The maximum absolute atomic E-state index is 13.4. The Morgan fingerprint density at radius 1 is 1.07 bits per heavy atom. The van der Waals surface area contributed by atoms with E-state index in [1.54, 1.807) is 0 Å². The van der Waals surface area contributed by atoms with Crippen molar-refractivity contribution in [3.63, 3.8) is 0 Å². The molecule has 0 saturated carbocycles. The fourth-order valence-corrected chi connectivity index (χ4v) is 9.01. The molecule has 0 aromatic carbocycles. The molecule has 3 aliphatic rings. The molecule has 0 spiro atoms. The van der Waals surface area contributed by atoms with Crippen molar-refractivity contribution in [2.75, 3.05) is 18.1 Å². The Labute approximate surface area is 263 Å². The zero-order chi connectivity index (χ0) is 32.0. The number of nitrogen functional groups attached to an aromatic ring is 2. The molecule has 242 valence electrons. The maximum atomic E-state index is 13.4. The average molecular weight is 726 g/mol. The molecule has 21 nitrogen and oxygen atoms in total. The zero-order valence-corrected chi connectivity index (χ0v) is 26.3. The van der Waals surface area contributed by atoms with Gasteiger partial charge in [-0.25, -0.2) is 19.5 Å². The number of thiol groups is 1. The lowest BCUT2D eigenvalue weighted by Crippen LogP contribution is -2.37. The number of nitrogens with zero attached hydrogens (tertiary/aromatic N) is 6. The number of H-pyrrole nitrogens is 1. The Morgan fingerprint density at radius 2 is 1.82 bits per heavy atom. The van der Waals surface area contributed by atoms with Crippen LogP contribution in [0.2, 0.25) is 0 Å². The van der Waals surface area contributed by atoms with Gasteiger partial charge in [0.1, 0.15) is 47.4 Å². The molecule has 45 heavy (non-hydrogen) atoms. The fourth-order valence-electron chi connectivity index (χ4n) is 5.11. The van der Waals surface area contributed by atoms with Crippen molar-refractivity contribution in [3.05, 3.63) is 32.7 Å². The van der Waals surface area contributed by atoms with Crippen LogP contribution in [0.4, 0.5) is 11.8 Å². The van der Waals surface area contributed by atoms with E-state index in [0.29, 0.717) is 11.3 Å². The molecule has 5 unspecified atom stereocenters. The second kappa shape index (κ2) is 11.1. The molecule has 0 aliphatic carbocycles. The summed E-state index contributed by atoms with van der Waals surface area (Å²) in [5, 5.41) is 22.3. The van der Waals surface area contributed by atoms with Gasteiger partial charge in [-0.3, -0.25) is 41.8 Å². The largest absolute Gasteiger partial charge is 0.387 e. The van der Waals surface area contributed by atoms with Crippen molar-refractivity contribution >= 4 is 82.2 Å². The summed E-state index contributed by atoms with van der Waals surface area (Å²) in [6.45, 7) is -9.60. The van der Waals surface area contributed by atoms with E-state index >= 15 is 0 Å². The average Bonchev–Trinajstić information content (AvgIpc) is 3.68.